The lowest BCUT2D eigenvalue weighted by molar-refractivity contribution is 0.0661. The van der Waals surface area contributed by atoms with E-state index in [1.54, 1.807) is 29.4 Å². The van der Waals surface area contributed by atoms with Gasteiger partial charge in [0.05, 0.1) is 19.7 Å². The van der Waals surface area contributed by atoms with Crippen molar-refractivity contribution in [3.63, 3.8) is 0 Å². The number of imidazole rings is 2. The largest absolute Gasteiger partial charge is 0.449 e. The van der Waals surface area contributed by atoms with Gasteiger partial charge in [-0.2, -0.15) is 0 Å². The molecule has 2 aromatic carbocycles. The smallest absolute Gasteiger partial charge is 0.419 e. The van der Waals surface area contributed by atoms with Gasteiger partial charge in [0, 0.05) is 56.5 Å². The van der Waals surface area contributed by atoms with E-state index in [2.05, 4.69) is 71.7 Å². The molecule has 2 aromatic heterocycles. The fourth-order valence-corrected chi connectivity index (χ4v) is 6.92. The molecular weight excluding hydrogens is 717 g/mol. The predicted octanol–water partition coefficient (Wildman–Crippen LogP) is 9.52. The first kappa shape index (κ1) is 45.3. The third-order valence-electron chi connectivity index (χ3n) is 10.0. The Balaban J connectivity index is 1.43. The third-order valence-corrected chi connectivity index (χ3v) is 10.0. The Morgan fingerprint density at radius 3 is 1.74 bits per heavy atom. The maximum Gasteiger partial charge on any atom is 0.419 e. The molecule has 0 aliphatic carbocycles. The van der Waals surface area contributed by atoms with E-state index in [0.717, 1.165) is 95.0 Å². The Morgan fingerprint density at radius 1 is 0.579 bits per heavy atom. The Morgan fingerprint density at radius 2 is 1.11 bits per heavy atom. The number of nitrogens with zero attached hydrogens (tertiary/aromatic N) is 6. The number of rotatable bonds is 28. The van der Waals surface area contributed by atoms with E-state index in [1.807, 2.05) is 24.3 Å². The molecule has 0 aliphatic rings. The van der Waals surface area contributed by atoms with Gasteiger partial charge in [-0.3, -0.25) is 24.0 Å². The standard InChI is InChI=1S/C46H66N6O5/c1-5-9-11-13-15-31-57-46(55)52-29-25-48-44(52)36-50(35-43-47-24-28-51(43)45(54)37-56-30-14-12-10-6-2)34-40-20-22-41(23-21-40)42(53)32-38-16-18-39(19-17-38)33-49(26-7-3)27-8-4/h16-25,28-29H,5-15,26-27,30-37H2,1-4H3. The fourth-order valence-electron chi connectivity index (χ4n) is 6.92. The van der Waals surface area contributed by atoms with Crippen molar-refractivity contribution in [3.05, 3.63) is 107 Å². The summed E-state index contributed by atoms with van der Waals surface area (Å²) >= 11 is 0. The first-order valence-electron chi connectivity index (χ1n) is 21.3. The number of carbonyl (C=O) groups is 3. The summed E-state index contributed by atoms with van der Waals surface area (Å²) in [7, 11) is 0. The second kappa shape index (κ2) is 25.7. The monoisotopic (exact) mass is 783 g/mol. The van der Waals surface area contributed by atoms with Crippen molar-refractivity contribution in [2.75, 3.05) is 32.9 Å². The number of aromatic nitrogens is 4. The van der Waals surface area contributed by atoms with E-state index < -0.39 is 6.09 Å². The van der Waals surface area contributed by atoms with Crippen LogP contribution in [0.2, 0.25) is 0 Å². The van der Waals surface area contributed by atoms with Gasteiger partial charge in [-0.25, -0.2) is 19.3 Å². The van der Waals surface area contributed by atoms with Gasteiger partial charge < -0.3 is 9.47 Å². The van der Waals surface area contributed by atoms with Gasteiger partial charge in [-0.1, -0.05) is 121 Å². The average molecular weight is 783 g/mol. The van der Waals surface area contributed by atoms with Crippen LogP contribution in [0.25, 0.3) is 0 Å². The van der Waals surface area contributed by atoms with E-state index >= 15 is 0 Å². The highest BCUT2D eigenvalue weighted by molar-refractivity contribution is 5.97. The highest BCUT2D eigenvalue weighted by atomic mass is 16.5. The summed E-state index contributed by atoms with van der Waals surface area (Å²) in [6, 6.07) is 16.1. The van der Waals surface area contributed by atoms with Crippen LogP contribution in [0, 0.1) is 0 Å². The van der Waals surface area contributed by atoms with Crippen LogP contribution >= 0.6 is 0 Å². The minimum Gasteiger partial charge on any atom is -0.449 e. The molecule has 0 amide bonds. The van der Waals surface area contributed by atoms with Crippen molar-refractivity contribution in [1.29, 1.82) is 0 Å². The van der Waals surface area contributed by atoms with Crippen molar-refractivity contribution in [2.24, 2.45) is 0 Å². The van der Waals surface area contributed by atoms with Gasteiger partial charge in [0.2, 0.25) is 0 Å². The zero-order valence-corrected chi connectivity index (χ0v) is 35.0. The van der Waals surface area contributed by atoms with E-state index in [4.69, 9.17) is 9.47 Å². The minimum absolute atomic E-state index is 0.0274. The number of carbonyl (C=O) groups excluding carboxylic acids is 3. The molecule has 0 atom stereocenters. The van der Waals surface area contributed by atoms with Crippen LogP contribution in [0.1, 0.15) is 142 Å². The van der Waals surface area contributed by atoms with Crippen LogP contribution in [0.4, 0.5) is 4.79 Å². The molecule has 0 spiro atoms. The van der Waals surface area contributed by atoms with Crippen LogP contribution in [0.5, 0.6) is 0 Å². The molecule has 11 nitrogen and oxygen atoms in total. The Labute approximate surface area is 340 Å². The molecule has 0 saturated heterocycles. The molecule has 0 N–H and O–H groups in total. The van der Waals surface area contributed by atoms with Gasteiger partial charge >= 0.3 is 6.09 Å². The number of ether oxygens (including phenoxy) is 2. The lowest BCUT2D eigenvalue weighted by Crippen LogP contribution is -2.29. The number of hydrogen-bond acceptors (Lipinski definition) is 9. The van der Waals surface area contributed by atoms with Gasteiger partial charge in [0.25, 0.3) is 5.91 Å². The Kier molecular flexibility index (Phi) is 20.4. The number of Topliss-reactive ketones (excluding diaryl/α,β-unsaturated/α-hetero) is 1. The summed E-state index contributed by atoms with van der Waals surface area (Å²) in [5.74, 6) is 0.953. The Hall–Kier alpha value is -4.45. The summed E-state index contributed by atoms with van der Waals surface area (Å²) in [4.78, 5) is 53.3. The van der Waals surface area contributed by atoms with Gasteiger partial charge in [-0.05, 0) is 55.5 Å². The molecule has 2 heterocycles. The van der Waals surface area contributed by atoms with Crippen molar-refractivity contribution in [3.8, 4) is 0 Å². The molecule has 0 unspecified atom stereocenters. The molecule has 11 heteroatoms. The topological polar surface area (TPSA) is 112 Å². The molecule has 4 aromatic rings. The van der Waals surface area contributed by atoms with E-state index in [-0.39, 0.29) is 18.3 Å². The molecular formula is C46H66N6O5. The highest BCUT2D eigenvalue weighted by Crippen LogP contribution is 2.17. The second-order valence-electron chi connectivity index (χ2n) is 15.0. The lowest BCUT2D eigenvalue weighted by atomic mass is 10.0. The summed E-state index contributed by atoms with van der Waals surface area (Å²) in [5.41, 5.74) is 3.87. The molecule has 0 bridgehead atoms. The van der Waals surface area contributed by atoms with Crippen LogP contribution in [0.15, 0.2) is 73.3 Å². The maximum atomic E-state index is 13.4. The number of hydrogen-bond donors (Lipinski definition) is 0. The first-order valence-corrected chi connectivity index (χ1v) is 21.3. The predicted molar refractivity (Wildman–Crippen MR) is 225 cm³/mol. The van der Waals surface area contributed by atoms with E-state index in [1.165, 1.54) is 16.6 Å². The second-order valence-corrected chi connectivity index (χ2v) is 15.0. The van der Waals surface area contributed by atoms with Gasteiger partial charge in [-0.15, -0.1) is 0 Å². The van der Waals surface area contributed by atoms with Crippen LogP contribution in [0.3, 0.4) is 0 Å². The molecule has 0 fully saturated rings. The molecule has 0 radical (unpaired) electrons. The zero-order chi connectivity index (χ0) is 40.7. The van der Waals surface area contributed by atoms with Gasteiger partial charge in [0.1, 0.15) is 18.3 Å². The number of unbranched alkanes of at least 4 members (excludes halogenated alkanes) is 7. The summed E-state index contributed by atoms with van der Waals surface area (Å²) in [5, 5.41) is 0. The molecule has 0 aliphatic heterocycles. The highest BCUT2D eigenvalue weighted by Gasteiger charge is 2.20. The van der Waals surface area contributed by atoms with E-state index in [9.17, 15) is 14.4 Å². The summed E-state index contributed by atoms with van der Waals surface area (Å²) < 4.78 is 14.3. The zero-order valence-electron chi connectivity index (χ0n) is 35.0. The molecule has 0 saturated carbocycles. The number of benzene rings is 2. The Bertz CT molecular complexity index is 1670. The number of ketones is 1. The third kappa shape index (κ3) is 15.8. The molecule has 4 rings (SSSR count). The van der Waals surface area contributed by atoms with Crippen LogP contribution in [-0.2, 0) is 42.1 Å². The van der Waals surface area contributed by atoms with Crippen molar-refractivity contribution >= 4 is 17.8 Å². The summed E-state index contributed by atoms with van der Waals surface area (Å²) in [6.07, 6.45) is 18.2. The SMILES string of the molecule is CCCCCCCOC(=O)n1ccnc1CN(Cc1ccc(C(=O)Cc2ccc(CN(CCC)CCC)cc2)cc1)Cc1nccn1C(=O)COCCCCCC. The fraction of sp³-hybridized carbons (Fsp3) is 0.543. The average Bonchev–Trinajstić information content (AvgIpc) is 3.88. The van der Waals surface area contributed by atoms with Crippen molar-refractivity contribution < 1.29 is 23.9 Å². The van der Waals surface area contributed by atoms with Crippen molar-refractivity contribution in [1.82, 2.24) is 28.9 Å². The van der Waals surface area contributed by atoms with Crippen LogP contribution < -0.4 is 0 Å². The summed E-state index contributed by atoms with van der Waals surface area (Å²) in [6.45, 7) is 13.8. The maximum absolute atomic E-state index is 13.4. The molecule has 57 heavy (non-hydrogen) atoms. The van der Waals surface area contributed by atoms with Gasteiger partial charge in [0.15, 0.2) is 5.78 Å². The molecule has 310 valence electrons. The van der Waals surface area contributed by atoms with E-state index in [0.29, 0.717) is 56.5 Å². The normalized spacial score (nSPS) is 11.5. The minimum atomic E-state index is -0.460. The van der Waals surface area contributed by atoms with Crippen LogP contribution in [-0.4, -0.2) is 79.6 Å². The van der Waals surface area contributed by atoms with Crippen molar-refractivity contribution in [2.45, 2.75) is 131 Å². The quantitative estimate of drug-likeness (QED) is 0.0411. The lowest BCUT2D eigenvalue weighted by Gasteiger charge is -2.22. The first-order chi connectivity index (χ1) is 27.8.